The van der Waals surface area contributed by atoms with Gasteiger partial charge in [-0.05, 0) is 12.8 Å². The van der Waals surface area contributed by atoms with Gasteiger partial charge >= 0.3 is 8.80 Å². The fraction of sp³-hybridized carbons (Fsp3) is 1.00. The maximum absolute atomic E-state index is 11.0. The summed E-state index contributed by atoms with van der Waals surface area (Å²) in [6.45, 7) is 6.04. The zero-order valence-electron chi connectivity index (χ0n) is 25.4. The minimum absolute atomic E-state index is 0.0406. The molecule has 0 saturated carbocycles. The van der Waals surface area contributed by atoms with Gasteiger partial charge in [0.05, 0.1) is 66.8 Å². The van der Waals surface area contributed by atoms with Crippen LogP contribution in [0.2, 0.25) is 6.04 Å². The first-order valence-electron chi connectivity index (χ1n) is 16.0. The first kappa shape index (κ1) is 36.0. The van der Waals surface area contributed by atoms with Crippen molar-refractivity contribution in [2.45, 2.75) is 128 Å². The van der Waals surface area contributed by atoms with E-state index >= 15 is 0 Å². The predicted octanol–water partition coefficient (Wildman–Crippen LogP) is 6.09. The highest BCUT2D eigenvalue weighted by Crippen LogP contribution is 2.18. The van der Waals surface area contributed by atoms with Crippen LogP contribution in [0.25, 0.3) is 0 Å². The molecule has 1 rings (SSSR count). The summed E-state index contributed by atoms with van der Waals surface area (Å²) in [4.78, 5) is 11.0. The third-order valence-corrected chi connectivity index (χ3v) is 9.93. The average Bonchev–Trinajstić information content (AvgIpc) is 2.97. The van der Waals surface area contributed by atoms with Crippen molar-refractivity contribution in [3.05, 3.63) is 0 Å². The van der Waals surface area contributed by atoms with Gasteiger partial charge in [0.1, 0.15) is 6.10 Å². The number of rotatable bonds is 24. The highest BCUT2D eigenvalue weighted by molar-refractivity contribution is 6.59. The first-order chi connectivity index (χ1) is 18.4. The monoisotopic (exact) mass is 562 g/mol. The van der Waals surface area contributed by atoms with Gasteiger partial charge in [0, 0.05) is 12.5 Å². The topological polar surface area (TPSA) is 77.4 Å². The van der Waals surface area contributed by atoms with Gasteiger partial charge in [0.2, 0.25) is 0 Å². The Bertz CT molecular complexity index is 527. The van der Waals surface area contributed by atoms with Crippen LogP contribution in [0.1, 0.15) is 116 Å². The van der Waals surface area contributed by atoms with Gasteiger partial charge in [-0.3, -0.25) is 0 Å². The summed E-state index contributed by atoms with van der Waals surface area (Å²) >= 11 is 0. The van der Waals surface area contributed by atoms with Crippen molar-refractivity contribution < 1.29 is 32.7 Å². The van der Waals surface area contributed by atoms with E-state index in [0.717, 1.165) is 17.4 Å². The summed E-state index contributed by atoms with van der Waals surface area (Å²) < 4.78 is 23.6. The fourth-order valence-corrected chi connectivity index (χ4v) is 7.00. The molecule has 8 heteroatoms. The van der Waals surface area contributed by atoms with Crippen LogP contribution in [0.5, 0.6) is 0 Å². The van der Waals surface area contributed by atoms with Crippen molar-refractivity contribution in [3.8, 4) is 0 Å². The molecule has 1 aliphatic rings. The summed E-state index contributed by atoms with van der Waals surface area (Å²) in [5.41, 5.74) is 0. The molecule has 0 aromatic rings. The van der Waals surface area contributed by atoms with Gasteiger partial charge in [0.15, 0.2) is 0 Å². The third-order valence-electron chi connectivity index (χ3n) is 7.67. The van der Waals surface area contributed by atoms with E-state index in [1.165, 1.54) is 109 Å². The first-order valence-corrected chi connectivity index (χ1v) is 18.0. The van der Waals surface area contributed by atoms with Crippen LogP contribution in [0.4, 0.5) is 0 Å². The highest BCUT2D eigenvalue weighted by atomic mass is 28.4. The van der Waals surface area contributed by atoms with Crippen LogP contribution < -0.4 is 0 Å². The molecule has 1 saturated heterocycles. The average molecular weight is 563 g/mol. The molecule has 0 bridgehead atoms. The van der Waals surface area contributed by atoms with E-state index in [4.69, 9.17) is 23.4 Å². The van der Waals surface area contributed by atoms with Crippen molar-refractivity contribution in [2.75, 3.05) is 66.8 Å². The van der Waals surface area contributed by atoms with Gasteiger partial charge in [-0.2, -0.15) is 0 Å². The minimum Gasteiger partial charge on any atom is -0.394 e. The molecule has 0 amide bonds. The second kappa shape index (κ2) is 23.6. The van der Waals surface area contributed by atoms with Gasteiger partial charge in [-0.1, -0.05) is 96.8 Å². The lowest BCUT2D eigenvalue weighted by Gasteiger charge is -2.31. The highest BCUT2D eigenvalue weighted by Gasteiger charge is 2.39. The largest absolute Gasteiger partial charge is 0.498 e. The molecule has 2 atom stereocenters. The van der Waals surface area contributed by atoms with Crippen LogP contribution in [-0.4, -0.2) is 96.1 Å². The summed E-state index contributed by atoms with van der Waals surface area (Å²) in [5.74, 6) is 0. The van der Waals surface area contributed by atoms with E-state index in [0.29, 0.717) is 25.9 Å². The summed E-state index contributed by atoms with van der Waals surface area (Å²) in [6.07, 6.45) is 23.0. The van der Waals surface area contributed by atoms with Crippen molar-refractivity contribution in [3.63, 3.8) is 0 Å². The van der Waals surface area contributed by atoms with Gasteiger partial charge in [-0.15, -0.1) is 0 Å². The maximum Gasteiger partial charge on any atom is 0.498 e. The number of hydrogen-bond donors (Lipinski definition) is 2. The lowest BCUT2D eigenvalue weighted by molar-refractivity contribution is -0.890. The van der Waals surface area contributed by atoms with Gasteiger partial charge in [-0.25, -0.2) is 0 Å². The number of hydrogen-bond acceptors (Lipinski definition) is 6. The molecule has 0 spiro atoms. The van der Waals surface area contributed by atoms with Gasteiger partial charge in [0.25, 0.3) is 0 Å². The minimum atomic E-state index is -3.24. The zero-order valence-corrected chi connectivity index (χ0v) is 26.4. The third kappa shape index (κ3) is 20.8. The molecule has 0 aromatic carbocycles. The molecular weight excluding hydrogens is 498 g/mol. The Labute approximate surface area is 236 Å². The zero-order chi connectivity index (χ0) is 27.8. The quantitative estimate of drug-likeness (QED) is 0.0843. The molecule has 7 nitrogen and oxygen atoms in total. The number of aliphatic hydroxyl groups is 1. The molecule has 38 heavy (non-hydrogen) atoms. The smallest absolute Gasteiger partial charge is 0.394 e. The Morgan fingerprint density at radius 2 is 1.24 bits per heavy atom. The Kier molecular flexibility index (Phi) is 22.4. The Balaban J connectivity index is 2.03. The normalized spacial score (nSPS) is 21.2. The number of unbranched alkanes of at least 4 members (excludes halogenated alkanes) is 15. The summed E-state index contributed by atoms with van der Waals surface area (Å²) in [6, 6.07) is 0.556. The predicted molar refractivity (Wildman–Crippen MR) is 158 cm³/mol. The molecule has 0 aliphatic carbocycles. The second-order valence-corrected chi connectivity index (χ2v) is 14.5. The number of aliphatic hydroxyl groups excluding tert-OH is 1. The van der Waals surface area contributed by atoms with Crippen molar-refractivity contribution >= 4 is 8.80 Å². The number of nitrogens with zero attached hydrogens (tertiary/aromatic N) is 1. The number of quaternary nitrogens is 1. The summed E-state index contributed by atoms with van der Waals surface area (Å²) in [5, 5.41) is 8.99. The van der Waals surface area contributed by atoms with Crippen molar-refractivity contribution in [2.24, 2.45) is 0 Å². The fourth-order valence-electron chi connectivity index (χ4n) is 5.18. The van der Waals surface area contributed by atoms with E-state index in [2.05, 4.69) is 21.0 Å². The standard InChI is InChI=1S/C30H64NO6Si/c1-4-5-6-7-8-9-10-11-12-13-14-15-16-17-18-19-21-31(2,3)22-20-27-38(33)36-26-25-34-28-30(29-37-38)35-24-23-32/h30,32-33H,4-29H2,1-3H3/q+1. The lowest BCUT2D eigenvalue weighted by Crippen LogP contribution is -2.47. The van der Waals surface area contributed by atoms with Gasteiger partial charge < -0.3 is 32.7 Å². The maximum atomic E-state index is 11.0. The van der Waals surface area contributed by atoms with Crippen LogP contribution in [-0.2, 0) is 18.3 Å². The van der Waals surface area contributed by atoms with Crippen LogP contribution in [0.15, 0.2) is 0 Å². The molecule has 228 valence electrons. The molecule has 1 aliphatic heterocycles. The molecule has 2 N–H and O–H groups in total. The molecule has 2 unspecified atom stereocenters. The summed E-state index contributed by atoms with van der Waals surface area (Å²) in [7, 11) is 1.33. The molecular formula is C30H64NO6Si+. The van der Waals surface area contributed by atoms with Crippen molar-refractivity contribution in [1.29, 1.82) is 0 Å². The Morgan fingerprint density at radius 1 is 0.711 bits per heavy atom. The van der Waals surface area contributed by atoms with Crippen molar-refractivity contribution in [1.82, 2.24) is 0 Å². The van der Waals surface area contributed by atoms with E-state index in [1.54, 1.807) is 0 Å². The molecule has 0 aromatic heterocycles. The molecule has 1 fully saturated rings. The van der Waals surface area contributed by atoms with E-state index in [9.17, 15) is 4.80 Å². The van der Waals surface area contributed by atoms with E-state index < -0.39 is 8.80 Å². The van der Waals surface area contributed by atoms with Crippen LogP contribution in [0, 0.1) is 0 Å². The van der Waals surface area contributed by atoms with Crippen LogP contribution >= 0.6 is 0 Å². The Hall–Kier alpha value is -0.0631. The lowest BCUT2D eigenvalue weighted by atomic mass is 10.0. The Morgan fingerprint density at radius 3 is 1.79 bits per heavy atom. The molecule has 0 radical (unpaired) electrons. The van der Waals surface area contributed by atoms with E-state index in [1.807, 2.05) is 0 Å². The SMILES string of the molecule is CCCCCCCCCCCCCCCCCC[N+](C)(C)CCC[Si]1(O)OCCOCC(OCCO)CO1. The number of ether oxygens (including phenoxy) is 2. The second-order valence-electron chi connectivity index (χ2n) is 12.0. The molecule has 1 heterocycles. The van der Waals surface area contributed by atoms with E-state index in [-0.39, 0.29) is 25.9 Å². The van der Waals surface area contributed by atoms with Crippen LogP contribution in [0.3, 0.4) is 0 Å².